The van der Waals surface area contributed by atoms with E-state index >= 15 is 0 Å². The van der Waals surface area contributed by atoms with E-state index in [2.05, 4.69) is 20.9 Å². The van der Waals surface area contributed by atoms with Crippen LogP contribution in [0.25, 0.3) is 16.9 Å². The zero-order chi connectivity index (χ0) is 19.7. The summed E-state index contributed by atoms with van der Waals surface area (Å²) in [6.45, 7) is 0. The predicted molar refractivity (Wildman–Crippen MR) is 115 cm³/mol. The first-order chi connectivity index (χ1) is 13.6. The maximum atomic E-state index is 9.91. The molecule has 0 aliphatic rings. The normalized spacial score (nSPS) is 11.4. The van der Waals surface area contributed by atoms with E-state index in [4.69, 9.17) is 21.3 Å². The third-order valence-corrected chi connectivity index (χ3v) is 5.05. The van der Waals surface area contributed by atoms with E-state index in [-0.39, 0.29) is 5.75 Å². The number of phenols is 1. The van der Waals surface area contributed by atoms with E-state index in [9.17, 15) is 5.11 Å². The first-order valence-corrected chi connectivity index (χ1v) is 9.57. The minimum Gasteiger partial charge on any atom is -0.504 e. The van der Waals surface area contributed by atoms with Crippen molar-refractivity contribution in [1.82, 2.24) is 9.38 Å². The molecule has 2 aromatic carbocycles. The van der Waals surface area contributed by atoms with Crippen LogP contribution < -0.4 is 4.74 Å². The van der Waals surface area contributed by atoms with Crippen LogP contribution in [0.2, 0.25) is 5.02 Å². The largest absolute Gasteiger partial charge is 0.504 e. The lowest BCUT2D eigenvalue weighted by atomic mass is 10.1. The molecule has 0 spiro atoms. The van der Waals surface area contributed by atoms with Gasteiger partial charge in [-0.25, -0.2) is 9.98 Å². The summed E-state index contributed by atoms with van der Waals surface area (Å²) in [7, 11) is 1.51. The number of methoxy groups -OCH3 is 1. The number of phenolic OH excluding ortho intramolecular Hbond substituents is 1. The second-order valence-corrected chi connectivity index (χ2v) is 7.35. The molecule has 28 heavy (non-hydrogen) atoms. The lowest BCUT2D eigenvalue weighted by molar-refractivity contribution is 0.373. The molecule has 0 fully saturated rings. The average molecular weight is 457 g/mol. The molecule has 0 saturated heterocycles. The number of pyridine rings is 1. The highest BCUT2D eigenvalue weighted by Gasteiger charge is 2.15. The molecule has 1 N–H and O–H groups in total. The number of ether oxygens (including phenoxy) is 1. The molecule has 0 bridgehead atoms. The molecule has 0 atom stereocenters. The van der Waals surface area contributed by atoms with Gasteiger partial charge in [-0.1, -0.05) is 29.8 Å². The molecule has 0 saturated carbocycles. The Hall–Kier alpha value is -2.83. The minimum atomic E-state index is 0.0684. The molecule has 140 valence electrons. The van der Waals surface area contributed by atoms with Gasteiger partial charge in [-0.2, -0.15) is 0 Å². The second kappa shape index (κ2) is 7.66. The number of halogens is 2. The van der Waals surface area contributed by atoms with Crippen molar-refractivity contribution in [3.8, 4) is 22.8 Å². The van der Waals surface area contributed by atoms with E-state index in [1.807, 2.05) is 47.0 Å². The van der Waals surface area contributed by atoms with Crippen LogP contribution in [0.5, 0.6) is 11.5 Å². The summed E-state index contributed by atoms with van der Waals surface area (Å²) in [5.41, 5.74) is 3.00. The van der Waals surface area contributed by atoms with Crippen molar-refractivity contribution in [3.63, 3.8) is 0 Å². The lowest BCUT2D eigenvalue weighted by Gasteiger charge is -2.06. The maximum Gasteiger partial charge on any atom is 0.165 e. The standard InChI is InChI=1S/C21H15BrClN3O2/c1-28-18-10-13(6-8-17(18)27)20-21(24-11-14-4-2-3-5-16(14)23)26-12-15(22)7-9-19(26)25-20/h2-12,27H,1H3. The highest BCUT2D eigenvalue weighted by atomic mass is 79.9. The van der Waals surface area contributed by atoms with Crippen LogP contribution in [0, 0.1) is 0 Å². The monoisotopic (exact) mass is 455 g/mol. The van der Waals surface area contributed by atoms with Crippen LogP contribution in [0.15, 0.2) is 70.3 Å². The fraction of sp³-hybridized carbons (Fsp3) is 0.0476. The second-order valence-electron chi connectivity index (χ2n) is 6.03. The van der Waals surface area contributed by atoms with Crippen molar-refractivity contribution >= 4 is 45.2 Å². The van der Waals surface area contributed by atoms with Crippen molar-refractivity contribution in [2.45, 2.75) is 0 Å². The Bertz CT molecular complexity index is 1200. The van der Waals surface area contributed by atoms with Gasteiger partial charge in [0, 0.05) is 33.0 Å². The Balaban J connectivity index is 1.92. The molecule has 5 nitrogen and oxygen atoms in total. The molecule has 2 aromatic heterocycles. The molecule has 0 aliphatic carbocycles. The summed E-state index contributed by atoms with van der Waals surface area (Å²) < 4.78 is 8.04. The first kappa shape index (κ1) is 18.5. The highest BCUT2D eigenvalue weighted by Crippen LogP contribution is 2.36. The van der Waals surface area contributed by atoms with Gasteiger partial charge < -0.3 is 9.84 Å². The van der Waals surface area contributed by atoms with E-state index in [0.717, 1.165) is 21.2 Å². The molecule has 0 amide bonds. The molecule has 0 aliphatic heterocycles. The van der Waals surface area contributed by atoms with Crippen molar-refractivity contribution in [1.29, 1.82) is 0 Å². The summed E-state index contributed by atoms with van der Waals surface area (Å²) in [4.78, 5) is 9.41. The maximum absolute atomic E-state index is 9.91. The predicted octanol–water partition coefficient (Wildman–Crippen LogP) is 5.88. The average Bonchev–Trinajstić information content (AvgIpc) is 3.05. The van der Waals surface area contributed by atoms with Gasteiger partial charge >= 0.3 is 0 Å². The number of hydrogen-bond donors (Lipinski definition) is 1. The van der Waals surface area contributed by atoms with Gasteiger partial charge in [0.2, 0.25) is 0 Å². The fourth-order valence-corrected chi connectivity index (χ4v) is 3.38. The number of rotatable bonds is 4. The van der Waals surface area contributed by atoms with Crippen molar-refractivity contribution in [2.75, 3.05) is 7.11 Å². The van der Waals surface area contributed by atoms with Crippen LogP contribution in [-0.2, 0) is 0 Å². The number of nitrogens with zero attached hydrogens (tertiary/aromatic N) is 3. The Morgan fingerprint density at radius 1 is 1.18 bits per heavy atom. The van der Waals surface area contributed by atoms with Crippen LogP contribution in [0.1, 0.15) is 5.56 Å². The number of hydrogen-bond acceptors (Lipinski definition) is 4. The SMILES string of the molecule is COc1cc(-c2nc3ccc(Br)cn3c2N=Cc2ccccc2Cl)ccc1O. The smallest absolute Gasteiger partial charge is 0.165 e. The minimum absolute atomic E-state index is 0.0684. The van der Waals surface area contributed by atoms with Crippen LogP contribution in [-0.4, -0.2) is 27.8 Å². The third-order valence-electron chi connectivity index (χ3n) is 4.24. The van der Waals surface area contributed by atoms with Gasteiger partial charge in [0.25, 0.3) is 0 Å². The Kier molecular flexibility index (Phi) is 5.07. The molecule has 0 unspecified atom stereocenters. The Morgan fingerprint density at radius 2 is 2.00 bits per heavy atom. The van der Waals surface area contributed by atoms with Gasteiger partial charge in [-0.05, 0) is 52.3 Å². The Morgan fingerprint density at radius 3 is 2.79 bits per heavy atom. The molecule has 2 heterocycles. The summed E-state index contributed by atoms with van der Waals surface area (Å²) in [5, 5.41) is 10.5. The molecule has 0 radical (unpaired) electrons. The zero-order valence-electron chi connectivity index (χ0n) is 14.8. The zero-order valence-corrected chi connectivity index (χ0v) is 17.1. The van der Waals surface area contributed by atoms with E-state index in [1.165, 1.54) is 7.11 Å². The van der Waals surface area contributed by atoms with Gasteiger partial charge in [0.05, 0.1) is 7.11 Å². The van der Waals surface area contributed by atoms with Crippen molar-refractivity contribution in [3.05, 3.63) is 75.9 Å². The summed E-state index contributed by atoms with van der Waals surface area (Å²) in [6, 6.07) is 16.4. The lowest BCUT2D eigenvalue weighted by Crippen LogP contribution is -1.88. The van der Waals surface area contributed by atoms with E-state index < -0.39 is 0 Å². The molecule has 7 heteroatoms. The molecular weight excluding hydrogens is 442 g/mol. The summed E-state index contributed by atoms with van der Waals surface area (Å²) >= 11 is 9.75. The first-order valence-electron chi connectivity index (χ1n) is 8.40. The fourth-order valence-electron chi connectivity index (χ4n) is 2.86. The number of aromatic nitrogens is 2. The number of aromatic hydroxyl groups is 1. The number of aliphatic imine (C=N–C) groups is 1. The molecule has 4 aromatic rings. The van der Waals surface area contributed by atoms with Gasteiger partial charge in [-0.3, -0.25) is 4.40 Å². The van der Waals surface area contributed by atoms with Crippen LogP contribution in [0.3, 0.4) is 0 Å². The third kappa shape index (κ3) is 3.48. The molecular formula is C21H15BrClN3O2. The van der Waals surface area contributed by atoms with E-state index in [0.29, 0.717) is 22.3 Å². The highest BCUT2D eigenvalue weighted by molar-refractivity contribution is 9.10. The van der Waals surface area contributed by atoms with Gasteiger partial charge in [0.1, 0.15) is 11.3 Å². The number of imidazole rings is 1. The van der Waals surface area contributed by atoms with Crippen LogP contribution >= 0.6 is 27.5 Å². The topological polar surface area (TPSA) is 59.1 Å². The Labute approximate surface area is 175 Å². The van der Waals surface area contributed by atoms with E-state index in [1.54, 1.807) is 24.4 Å². The van der Waals surface area contributed by atoms with Crippen LogP contribution in [0.4, 0.5) is 5.82 Å². The van der Waals surface area contributed by atoms with Crippen molar-refractivity contribution < 1.29 is 9.84 Å². The molecule has 4 rings (SSSR count). The number of benzene rings is 2. The quantitative estimate of drug-likeness (QED) is 0.390. The van der Waals surface area contributed by atoms with Gasteiger partial charge in [-0.15, -0.1) is 0 Å². The summed E-state index contributed by atoms with van der Waals surface area (Å²) in [6.07, 6.45) is 3.62. The van der Waals surface area contributed by atoms with Gasteiger partial charge in [0.15, 0.2) is 17.3 Å². The number of fused-ring (bicyclic) bond motifs is 1. The summed E-state index contributed by atoms with van der Waals surface area (Å²) in [5.74, 6) is 1.08. The van der Waals surface area contributed by atoms with Crippen molar-refractivity contribution in [2.24, 2.45) is 4.99 Å².